The molecule has 0 aromatic rings. The summed E-state index contributed by atoms with van der Waals surface area (Å²) in [6.07, 6.45) is 6.37. The quantitative estimate of drug-likeness (QED) is 0.755. The van der Waals surface area contributed by atoms with Gasteiger partial charge in [0.2, 0.25) is 5.91 Å². The number of amides is 1. The zero-order valence-electron chi connectivity index (χ0n) is 11.9. The summed E-state index contributed by atoms with van der Waals surface area (Å²) in [6, 6.07) is 0. The van der Waals surface area contributed by atoms with Gasteiger partial charge in [-0.25, -0.2) is 0 Å². The summed E-state index contributed by atoms with van der Waals surface area (Å²) in [7, 11) is 0. The van der Waals surface area contributed by atoms with Gasteiger partial charge in [-0.15, -0.1) is 0 Å². The van der Waals surface area contributed by atoms with Crippen LogP contribution in [0.5, 0.6) is 0 Å². The van der Waals surface area contributed by atoms with E-state index < -0.39 is 11.4 Å². The van der Waals surface area contributed by atoms with Crippen LogP contribution in [-0.2, 0) is 9.59 Å². The van der Waals surface area contributed by atoms with Crippen LogP contribution in [0.15, 0.2) is 0 Å². The molecule has 0 aliphatic heterocycles. The van der Waals surface area contributed by atoms with Crippen LogP contribution < -0.4 is 5.32 Å². The Labute approximate surface area is 119 Å². The maximum atomic E-state index is 11.9. The summed E-state index contributed by atoms with van der Waals surface area (Å²) in [5.41, 5.74) is -0.814. The number of aliphatic carboxylic acids is 1. The average Bonchev–Trinajstić information content (AvgIpc) is 2.38. The second-order valence-corrected chi connectivity index (χ2v) is 6.60. The van der Waals surface area contributed by atoms with Crippen molar-refractivity contribution in [2.45, 2.75) is 45.4 Å². The number of carbonyl (C=O) groups is 2. The van der Waals surface area contributed by atoms with E-state index in [0.717, 1.165) is 25.0 Å². The molecule has 0 aromatic carbocycles. The fourth-order valence-electron chi connectivity index (χ4n) is 2.70. The molecule has 1 aliphatic carbocycles. The molecule has 0 heterocycles. The van der Waals surface area contributed by atoms with Gasteiger partial charge in [0, 0.05) is 13.0 Å². The van der Waals surface area contributed by atoms with Gasteiger partial charge in [0.1, 0.15) is 0 Å². The molecule has 1 atom stereocenters. The van der Waals surface area contributed by atoms with Crippen molar-refractivity contribution >= 4 is 23.6 Å². The van der Waals surface area contributed by atoms with Gasteiger partial charge in [-0.2, -0.15) is 11.8 Å². The number of hydrogen-bond donors (Lipinski definition) is 2. The molecule has 19 heavy (non-hydrogen) atoms. The predicted molar refractivity (Wildman–Crippen MR) is 78.3 cm³/mol. The van der Waals surface area contributed by atoms with E-state index in [-0.39, 0.29) is 12.3 Å². The summed E-state index contributed by atoms with van der Waals surface area (Å²) >= 11 is 1.76. The van der Waals surface area contributed by atoms with E-state index in [1.54, 1.807) is 11.8 Å². The topological polar surface area (TPSA) is 66.4 Å². The van der Waals surface area contributed by atoms with Crippen molar-refractivity contribution in [2.75, 3.05) is 18.6 Å². The Morgan fingerprint density at radius 3 is 2.47 bits per heavy atom. The summed E-state index contributed by atoms with van der Waals surface area (Å²) in [6.45, 7) is 2.72. The molecule has 1 amide bonds. The predicted octanol–water partition coefficient (Wildman–Crippen LogP) is 2.53. The van der Waals surface area contributed by atoms with Gasteiger partial charge in [-0.05, 0) is 30.8 Å². The van der Waals surface area contributed by atoms with E-state index in [1.807, 2.05) is 6.26 Å². The monoisotopic (exact) mass is 287 g/mol. The first-order valence-electron chi connectivity index (χ1n) is 6.99. The average molecular weight is 287 g/mol. The number of hydrogen-bond acceptors (Lipinski definition) is 3. The lowest BCUT2D eigenvalue weighted by Crippen LogP contribution is -2.40. The van der Waals surface area contributed by atoms with Crippen molar-refractivity contribution in [3.8, 4) is 0 Å². The van der Waals surface area contributed by atoms with Crippen molar-refractivity contribution in [1.82, 2.24) is 5.32 Å². The van der Waals surface area contributed by atoms with Crippen LogP contribution in [0.4, 0.5) is 0 Å². The van der Waals surface area contributed by atoms with Gasteiger partial charge in [-0.1, -0.05) is 26.2 Å². The molecule has 0 radical (unpaired) electrons. The standard InChI is InChI=1S/C14H25NO3S/c1-11(10-19-2)9-15-12(16)8-14(13(17)18)6-4-3-5-7-14/h11H,3-10H2,1-2H3,(H,15,16)(H,17,18). The highest BCUT2D eigenvalue weighted by Gasteiger charge is 2.41. The molecule has 1 fully saturated rings. The van der Waals surface area contributed by atoms with Gasteiger partial charge in [0.25, 0.3) is 0 Å². The van der Waals surface area contributed by atoms with E-state index in [4.69, 9.17) is 0 Å². The molecule has 1 aliphatic rings. The zero-order valence-corrected chi connectivity index (χ0v) is 12.7. The van der Waals surface area contributed by atoms with Gasteiger partial charge in [0.05, 0.1) is 5.41 Å². The Morgan fingerprint density at radius 2 is 1.95 bits per heavy atom. The van der Waals surface area contributed by atoms with Gasteiger partial charge in [-0.3, -0.25) is 9.59 Å². The molecular formula is C14H25NO3S. The number of carbonyl (C=O) groups excluding carboxylic acids is 1. The molecule has 1 saturated carbocycles. The van der Waals surface area contributed by atoms with E-state index >= 15 is 0 Å². The van der Waals surface area contributed by atoms with Crippen LogP contribution in [-0.4, -0.2) is 35.5 Å². The van der Waals surface area contributed by atoms with Crippen LogP contribution >= 0.6 is 11.8 Å². The molecule has 1 rings (SSSR count). The summed E-state index contributed by atoms with van der Waals surface area (Å²) in [4.78, 5) is 23.4. The Kier molecular flexibility index (Phi) is 6.69. The van der Waals surface area contributed by atoms with Crippen LogP contribution in [0.3, 0.4) is 0 Å². The van der Waals surface area contributed by atoms with Crippen molar-refractivity contribution in [3.05, 3.63) is 0 Å². The highest BCUT2D eigenvalue weighted by molar-refractivity contribution is 7.98. The SMILES string of the molecule is CSCC(C)CNC(=O)CC1(C(=O)O)CCCCC1. The summed E-state index contributed by atoms with van der Waals surface area (Å²) in [5.74, 6) is 0.507. The Bertz CT molecular complexity index is 314. The van der Waals surface area contributed by atoms with Crippen molar-refractivity contribution < 1.29 is 14.7 Å². The second-order valence-electron chi connectivity index (χ2n) is 5.69. The molecule has 5 heteroatoms. The van der Waals surface area contributed by atoms with E-state index in [2.05, 4.69) is 12.2 Å². The molecule has 0 saturated heterocycles. The number of rotatable bonds is 7. The number of nitrogens with one attached hydrogen (secondary N) is 1. The zero-order chi connectivity index (χ0) is 14.3. The smallest absolute Gasteiger partial charge is 0.310 e. The summed E-state index contributed by atoms with van der Waals surface area (Å²) < 4.78 is 0. The minimum Gasteiger partial charge on any atom is -0.481 e. The largest absolute Gasteiger partial charge is 0.481 e. The third kappa shape index (κ3) is 5.05. The van der Waals surface area contributed by atoms with Crippen molar-refractivity contribution in [1.29, 1.82) is 0 Å². The minimum absolute atomic E-state index is 0.114. The minimum atomic E-state index is -0.814. The van der Waals surface area contributed by atoms with Crippen molar-refractivity contribution in [3.63, 3.8) is 0 Å². The maximum Gasteiger partial charge on any atom is 0.310 e. The first-order chi connectivity index (χ1) is 9.00. The van der Waals surface area contributed by atoms with E-state index in [0.29, 0.717) is 25.3 Å². The van der Waals surface area contributed by atoms with Crippen LogP contribution in [0.2, 0.25) is 0 Å². The summed E-state index contributed by atoms with van der Waals surface area (Å²) in [5, 5.41) is 12.3. The number of carboxylic acid groups (broad SMARTS) is 1. The fraction of sp³-hybridized carbons (Fsp3) is 0.857. The third-order valence-corrected chi connectivity index (χ3v) is 4.76. The molecule has 0 spiro atoms. The molecule has 2 N–H and O–H groups in total. The van der Waals surface area contributed by atoms with Crippen LogP contribution in [0.25, 0.3) is 0 Å². The normalized spacial score (nSPS) is 19.7. The Hall–Kier alpha value is -0.710. The molecule has 4 nitrogen and oxygen atoms in total. The molecule has 110 valence electrons. The lowest BCUT2D eigenvalue weighted by atomic mass is 9.71. The molecule has 0 bridgehead atoms. The highest BCUT2D eigenvalue weighted by Crippen LogP contribution is 2.39. The van der Waals surface area contributed by atoms with E-state index in [9.17, 15) is 14.7 Å². The number of thioether (sulfide) groups is 1. The van der Waals surface area contributed by atoms with Gasteiger partial charge < -0.3 is 10.4 Å². The first kappa shape index (κ1) is 16.3. The van der Waals surface area contributed by atoms with Crippen molar-refractivity contribution in [2.24, 2.45) is 11.3 Å². The van der Waals surface area contributed by atoms with Gasteiger partial charge >= 0.3 is 5.97 Å². The fourth-order valence-corrected chi connectivity index (χ4v) is 3.38. The lowest BCUT2D eigenvalue weighted by molar-refractivity contribution is -0.154. The lowest BCUT2D eigenvalue weighted by Gasteiger charge is -2.32. The Balaban J connectivity index is 2.46. The Morgan fingerprint density at radius 1 is 1.32 bits per heavy atom. The second kappa shape index (κ2) is 7.78. The molecule has 1 unspecified atom stereocenters. The van der Waals surface area contributed by atoms with Gasteiger partial charge in [0.15, 0.2) is 0 Å². The number of carboxylic acids is 1. The van der Waals surface area contributed by atoms with Crippen LogP contribution in [0.1, 0.15) is 45.4 Å². The molecule has 0 aromatic heterocycles. The van der Waals surface area contributed by atoms with E-state index in [1.165, 1.54) is 0 Å². The van der Waals surface area contributed by atoms with Crippen LogP contribution in [0, 0.1) is 11.3 Å². The maximum absolute atomic E-state index is 11.9. The first-order valence-corrected chi connectivity index (χ1v) is 8.38. The molecular weight excluding hydrogens is 262 g/mol. The third-order valence-electron chi connectivity index (χ3n) is 3.86. The highest BCUT2D eigenvalue weighted by atomic mass is 32.2.